The molecule has 0 spiro atoms. The number of hydrogen-bond acceptors (Lipinski definition) is 1. The molecule has 0 atom stereocenters. The number of hydrogen-bond donors (Lipinski definition) is 0. The molecule has 258 valence electrons. The summed E-state index contributed by atoms with van der Waals surface area (Å²) >= 11 is 0. The van der Waals surface area contributed by atoms with E-state index >= 15 is 0 Å². The lowest BCUT2D eigenvalue weighted by Crippen LogP contribution is -2.17. The van der Waals surface area contributed by atoms with Gasteiger partial charge in [0.15, 0.2) is 0 Å². The first-order chi connectivity index (χ1) is 26.3. The summed E-state index contributed by atoms with van der Waals surface area (Å²) in [4.78, 5) is 2.56. The van der Waals surface area contributed by atoms with Gasteiger partial charge in [0, 0.05) is 44.1 Å². The molecule has 8 aromatic carbocycles. The molecule has 11 rings (SSSR count). The molecule has 2 aliphatic rings. The zero-order chi connectivity index (χ0) is 36.3. The van der Waals surface area contributed by atoms with Crippen LogP contribution in [0.5, 0.6) is 0 Å². The van der Waals surface area contributed by atoms with Crippen LogP contribution in [0.25, 0.3) is 60.5 Å². The zero-order valence-electron chi connectivity index (χ0n) is 31.1. The number of benzene rings is 8. The van der Waals surface area contributed by atoms with Gasteiger partial charge in [-0.1, -0.05) is 149 Å². The molecule has 54 heavy (non-hydrogen) atoms. The highest BCUT2D eigenvalue weighted by atomic mass is 15.1. The molecule has 0 radical (unpaired) electrons. The number of para-hydroxylation sites is 2. The summed E-state index contributed by atoms with van der Waals surface area (Å²) in [6, 6.07) is 63.3. The summed E-state index contributed by atoms with van der Waals surface area (Å²) in [6.07, 6.45) is 0. The minimum absolute atomic E-state index is 0.110. The first-order valence-corrected chi connectivity index (χ1v) is 19.1. The molecule has 0 aliphatic heterocycles. The van der Waals surface area contributed by atoms with Crippen LogP contribution in [-0.4, -0.2) is 4.57 Å². The summed E-state index contributed by atoms with van der Waals surface area (Å²) in [5, 5.41) is 4.97. The number of rotatable bonds is 4. The molecule has 1 aromatic heterocycles. The van der Waals surface area contributed by atoms with Gasteiger partial charge in [-0.15, -0.1) is 0 Å². The maximum atomic E-state index is 2.56. The molecule has 0 fully saturated rings. The summed E-state index contributed by atoms with van der Waals surface area (Å²) in [5.41, 5.74) is 17.7. The predicted octanol–water partition coefficient (Wildman–Crippen LogP) is 14.0. The number of anilines is 3. The van der Waals surface area contributed by atoms with Crippen molar-refractivity contribution in [2.75, 3.05) is 4.90 Å². The molecule has 2 nitrogen and oxygen atoms in total. The van der Waals surface area contributed by atoms with Crippen molar-refractivity contribution in [1.82, 2.24) is 4.57 Å². The largest absolute Gasteiger partial charge is 0.309 e. The normalized spacial score (nSPS) is 14.6. The van der Waals surface area contributed by atoms with Crippen LogP contribution < -0.4 is 4.90 Å². The van der Waals surface area contributed by atoms with E-state index in [1.54, 1.807) is 0 Å². The van der Waals surface area contributed by atoms with E-state index in [-0.39, 0.29) is 10.8 Å². The Balaban J connectivity index is 1.19. The molecule has 0 unspecified atom stereocenters. The molecule has 0 N–H and O–H groups in total. The highest BCUT2D eigenvalue weighted by Crippen LogP contribution is 2.58. The second kappa shape index (κ2) is 11.1. The molecule has 1 heterocycles. The highest BCUT2D eigenvalue weighted by molar-refractivity contribution is 6.09. The van der Waals surface area contributed by atoms with Crippen LogP contribution in [0.15, 0.2) is 170 Å². The van der Waals surface area contributed by atoms with Crippen LogP contribution in [0.3, 0.4) is 0 Å². The van der Waals surface area contributed by atoms with Crippen LogP contribution in [0.1, 0.15) is 49.9 Å². The van der Waals surface area contributed by atoms with E-state index in [9.17, 15) is 0 Å². The molecular formula is C52H40N2. The van der Waals surface area contributed by atoms with Gasteiger partial charge in [0.05, 0.1) is 22.4 Å². The van der Waals surface area contributed by atoms with Gasteiger partial charge in [-0.3, -0.25) is 0 Å². The Kier molecular flexibility index (Phi) is 6.39. The third-order valence-corrected chi connectivity index (χ3v) is 12.6. The van der Waals surface area contributed by atoms with Gasteiger partial charge in [0.2, 0.25) is 0 Å². The SMILES string of the molecule is CC1(C)c2ccccc2-c2c(N(c3ccc4ccc(-n5c6ccccc6c6ccccc65)cc4c3)c3cccc4c3-c3ccccc3C4(C)C)cccc21. The standard InChI is InChI=1S/C52H40N2/c1-51(2)41-19-9-5-17-39(41)49-43(51)21-13-25-47(49)54(48-26-14-22-44-50(48)40-18-6-10-20-42(40)52(44,3)4)36-30-28-33-27-29-35(31-34(33)32-36)53-45-23-11-7-15-37(45)38-16-8-12-24-46(38)53/h5-32H,1-4H3. The van der Waals surface area contributed by atoms with Gasteiger partial charge in [0.25, 0.3) is 0 Å². The van der Waals surface area contributed by atoms with E-state index in [2.05, 4.69) is 207 Å². The van der Waals surface area contributed by atoms with Crippen LogP contribution >= 0.6 is 0 Å². The van der Waals surface area contributed by atoms with Crippen LogP contribution in [0.4, 0.5) is 17.1 Å². The fraction of sp³-hybridized carbons (Fsp3) is 0.115. The van der Waals surface area contributed by atoms with Gasteiger partial charge in [-0.25, -0.2) is 0 Å². The van der Waals surface area contributed by atoms with Crippen molar-refractivity contribution in [3.05, 3.63) is 192 Å². The maximum absolute atomic E-state index is 2.56. The molecule has 9 aromatic rings. The molecule has 2 aliphatic carbocycles. The van der Waals surface area contributed by atoms with Crippen molar-refractivity contribution in [3.8, 4) is 27.9 Å². The van der Waals surface area contributed by atoms with Gasteiger partial charge in [-0.05, 0) is 92.7 Å². The number of aromatic nitrogens is 1. The van der Waals surface area contributed by atoms with Crippen molar-refractivity contribution < 1.29 is 0 Å². The van der Waals surface area contributed by atoms with E-state index in [0.29, 0.717) is 0 Å². The summed E-state index contributed by atoms with van der Waals surface area (Å²) < 4.78 is 2.42. The van der Waals surface area contributed by atoms with Crippen LogP contribution in [0, 0.1) is 0 Å². The molecule has 0 saturated heterocycles. The molecular weight excluding hydrogens is 653 g/mol. The molecule has 2 heteroatoms. The fourth-order valence-electron chi connectivity index (χ4n) is 9.95. The average molecular weight is 693 g/mol. The van der Waals surface area contributed by atoms with Crippen molar-refractivity contribution in [2.24, 2.45) is 0 Å². The van der Waals surface area contributed by atoms with Gasteiger partial charge in [-0.2, -0.15) is 0 Å². The fourth-order valence-corrected chi connectivity index (χ4v) is 9.95. The van der Waals surface area contributed by atoms with Crippen molar-refractivity contribution in [2.45, 2.75) is 38.5 Å². The van der Waals surface area contributed by atoms with Crippen molar-refractivity contribution in [1.29, 1.82) is 0 Å². The van der Waals surface area contributed by atoms with Gasteiger partial charge >= 0.3 is 0 Å². The summed E-state index contributed by atoms with van der Waals surface area (Å²) in [7, 11) is 0. The topological polar surface area (TPSA) is 8.17 Å². The lowest BCUT2D eigenvalue weighted by Gasteiger charge is -2.31. The minimum atomic E-state index is -0.110. The van der Waals surface area contributed by atoms with Crippen molar-refractivity contribution >= 4 is 49.6 Å². The Labute approximate surface area is 316 Å². The number of fused-ring (bicyclic) bond motifs is 10. The third-order valence-electron chi connectivity index (χ3n) is 12.6. The summed E-state index contributed by atoms with van der Waals surface area (Å²) in [6.45, 7) is 9.49. The molecule has 0 saturated carbocycles. The third kappa shape index (κ3) is 4.17. The molecule has 0 amide bonds. The van der Waals surface area contributed by atoms with E-state index < -0.39 is 0 Å². The first kappa shape index (κ1) is 31.2. The lowest BCUT2D eigenvalue weighted by atomic mass is 9.82. The predicted molar refractivity (Wildman–Crippen MR) is 228 cm³/mol. The van der Waals surface area contributed by atoms with E-state index in [1.165, 1.54) is 88.5 Å². The van der Waals surface area contributed by atoms with Crippen LogP contribution in [-0.2, 0) is 10.8 Å². The Bertz CT molecular complexity index is 2850. The molecule has 0 bridgehead atoms. The quantitative estimate of drug-likeness (QED) is 0.178. The Morgan fingerprint density at radius 1 is 0.407 bits per heavy atom. The van der Waals surface area contributed by atoms with E-state index in [0.717, 1.165) is 11.4 Å². The van der Waals surface area contributed by atoms with Gasteiger partial charge < -0.3 is 9.47 Å². The second-order valence-corrected chi connectivity index (χ2v) is 16.2. The Morgan fingerprint density at radius 2 is 0.889 bits per heavy atom. The van der Waals surface area contributed by atoms with Gasteiger partial charge in [0.1, 0.15) is 0 Å². The summed E-state index contributed by atoms with van der Waals surface area (Å²) in [5.74, 6) is 0. The van der Waals surface area contributed by atoms with Crippen LogP contribution in [0.2, 0.25) is 0 Å². The monoisotopic (exact) mass is 692 g/mol. The Morgan fingerprint density at radius 3 is 1.46 bits per heavy atom. The minimum Gasteiger partial charge on any atom is -0.309 e. The maximum Gasteiger partial charge on any atom is 0.0543 e. The second-order valence-electron chi connectivity index (χ2n) is 16.2. The van der Waals surface area contributed by atoms with Crippen molar-refractivity contribution in [3.63, 3.8) is 0 Å². The first-order valence-electron chi connectivity index (χ1n) is 19.1. The highest BCUT2D eigenvalue weighted by Gasteiger charge is 2.40. The number of nitrogens with zero attached hydrogens (tertiary/aromatic N) is 2. The lowest BCUT2D eigenvalue weighted by molar-refractivity contribution is 0.660. The Hall–Kier alpha value is -6.38. The smallest absolute Gasteiger partial charge is 0.0543 e. The van der Waals surface area contributed by atoms with E-state index in [1.807, 2.05) is 0 Å². The van der Waals surface area contributed by atoms with E-state index in [4.69, 9.17) is 0 Å². The zero-order valence-corrected chi connectivity index (χ0v) is 31.1. The average Bonchev–Trinajstić information content (AvgIpc) is 3.76.